The Hall–Kier alpha value is -3.34. The van der Waals surface area contributed by atoms with Crippen LogP contribution in [0.15, 0.2) is 59.5 Å². The number of aromatic nitrogens is 2. The molecule has 2 N–H and O–H groups in total. The summed E-state index contributed by atoms with van der Waals surface area (Å²) in [7, 11) is -0.739. The summed E-state index contributed by atoms with van der Waals surface area (Å²) in [6.07, 6.45) is -4.79. The highest BCUT2D eigenvalue weighted by Crippen LogP contribution is 2.34. The van der Waals surface area contributed by atoms with Crippen LogP contribution in [0.5, 0.6) is 0 Å². The van der Waals surface area contributed by atoms with Crippen LogP contribution in [0.4, 0.5) is 36.3 Å². The first-order chi connectivity index (χ1) is 14.5. The Labute approximate surface area is 178 Å². The van der Waals surface area contributed by atoms with Crippen LogP contribution < -0.4 is 14.9 Å². The highest BCUT2D eigenvalue weighted by Gasteiger charge is 2.36. The van der Waals surface area contributed by atoms with E-state index < -0.39 is 26.7 Å². The van der Waals surface area contributed by atoms with Gasteiger partial charge in [0.2, 0.25) is 5.95 Å². The van der Waals surface area contributed by atoms with Gasteiger partial charge in [0, 0.05) is 37.2 Å². The molecule has 0 spiro atoms. The molecular formula is C20H20F3N5O2S. The first kappa shape index (κ1) is 22.3. The van der Waals surface area contributed by atoms with Crippen molar-refractivity contribution in [3.8, 4) is 0 Å². The molecular weight excluding hydrogens is 431 g/mol. The maximum Gasteiger partial charge on any atom is 0.417 e. The largest absolute Gasteiger partial charge is 0.417 e. The third kappa shape index (κ3) is 5.43. The molecule has 1 heterocycles. The van der Waals surface area contributed by atoms with Crippen LogP contribution in [0.25, 0.3) is 0 Å². The molecule has 3 rings (SSSR count). The second kappa shape index (κ2) is 8.42. The molecule has 1 aromatic heterocycles. The van der Waals surface area contributed by atoms with Crippen molar-refractivity contribution in [2.24, 2.45) is 0 Å². The van der Waals surface area contributed by atoms with E-state index in [9.17, 15) is 21.6 Å². The van der Waals surface area contributed by atoms with Crippen molar-refractivity contribution in [1.82, 2.24) is 9.97 Å². The molecule has 3 aromatic rings. The third-order valence-electron chi connectivity index (χ3n) is 4.17. The fraction of sp³-hybridized carbons (Fsp3) is 0.200. The predicted molar refractivity (Wildman–Crippen MR) is 113 cm³/mol. The topological polar surface area (TPSA) is 87.2 Å². The van der Waals surface area contributed by atoms with E-state index in [0.717, 1.165) is 23.9 Å². The van der Waals surface area contributed by atoms with Crippen LogP contribution >= 0.6 is 0 Å². The summed E-state index contributed by atoms with van der Waals surface area (Å²) >= 11 is 0. The summed E-state index contributed by atoms with van der Waals surface area (Å²) in [6, 6.07) is 11.8. The summed E-state index contributed by atoms with van der Waals surface area (Å²) in [5, 5.41) is 3.02. The quantitative estimate of drug-likeness (QED) is 0.577. The highest BCUT2D eigenvalue weighted by atomic mass is 32.2. The summed E-state index contributed by atoms with van der Waals surface area (Å²) in [5.74, 6) is 1.07. The second-order valence-corrected chi connectivity index (χ2v) is 8.54. The van der Waals surface area contributed by atoms with E-state index in [4.69, 9.17) is 0 Å². The molecule has 0 atom stereocenters. The Kier molecular flexibility index (Phi) is 6.07. The zero-order chi connectivity index (χ0) is 22.8. The van der Waals surface area contributed by atoms with Crippen LogP contribution in [-0.4, -0.2) is 32.5 Å². The first-order valence-electron chi connectivity index (χ1n) is 9.05. The van der Waals surface area contributed by atoms with Crippen molar-refractivity contribution in [2.75, 3.05) is 29.0 Å². The van der Waals surface area contributed by atoms with Crippen LogP contribution in [0.1, 0.15) is 11.3 Å². The summed E-state index contributed by atoms with van der Waals surface area (Å²) in [4.78, 5) is 9.66. The van der Waals surface area contributed by atoms with Gasteiger partial charge < -0.3 is 10.2 Å². The smallest absolute Gasteiger partial charge is 0.363 e. The van der Waals surface area contributed by atoms with Crippen molar-refractivity contribution in [3.63, 3.8) is 0 Å². The Morgan fingerprint density at radius 1 is 0.935 bits per heavy atom. The summed E-state index contributed by atoms with van der Waals surface area (Å²) in [5.41, 5.74) is 0.221. The maximum atomic E-state index is 13.2. The van der Waals surface area contributed by atoms with Gasteiger partial charge >= 0.3 is 6.18 Å². The lowest BCUT2D eigenvalue weighted by molar-refractivity contribution is -0.139. The molecule has 11 heteroatoms. The van der Waals surface area contributed by atoms with Gasteiger partial charge in [-0.1, -0.05) is 12.1 Å². The lowest BCUT2D eigenvalue weighted by Crippen LogP contribution is -2.18. The van der Waals surface area contributed by atoms with Crippen molar-refractivity contribution < 1.29 is 21.6 Å². The molecule has 0 aliphatic carbocycles. The van der Waals surface area contributed by atoms with Crippen LogP contribution in [0, 0.1) is 6.92 Å². The van der Waals surface area contributed by atoms with Crippen LogP contribution in [0.3, 0.4) is 0 Å². The number of benzene rings is 2. The average molecular weight is 451 g/mol. The second-order valence-electron chi connectivity index (χ2n) is 6.89. The van der Waals surface area contributed by atoms with Crippen molar-refractivity contribution >= 4 is 33.2 Å². The van der Waals surface area contributed by atoms with Gasteiger partial charge in [0.25, 0.3) is 10.0 Å². The SMILES string of the molecule is Cc1cc(N(C)C)nc(Nc2ccc(NS(=O)(=O)c3ccccc3C(F)(F)F)cc2)n1. The molecule has 0 amide bonds. The number of hydrogen-bond acceptors (Lipinski definition) is 6. The Morgan fingerprint density at radius 2 is 1.55 bits per heavy atom. The average Bonchev–Trinajstić information content (AvgIpc) is 2.68. The van der Waals surface area contributed by atoms with Gasteiger partial charge in [-0.15, -0.1) is 0 Å². The van der Waals surface area contributed by atoms with Crippen molar-refractivity contribution in [1.29, 1.82) is 0 Å². The van der Waals surface area contributed by atoms with E-state index in [0.29, 0.717) is 17.5 Å². The first-order valence-corrected chi connectivity index (χ1v) is 10.5. The van der Waals surface area contributed by atoms with E-state index in [1.165, 1.54) is 18.2 Å². The molecule has 164 valence electrons. The lowest BCUT2D eigenvalue weighted by atomic mass is 10.2. The number of anilines is 4. The molecule has 0 saturated heterocycles. The zero-order valence-corrected chi connectivity index (χ0v) is 17.7. The van der Waals surface area contributed by atoms with Gasteiger partial charge in [-0.2, -0.15) is 18.2 Å². The number of rotatable bonds is 6. The molecule has 0 radical (unpaired) electrons. The van der Waals surface area contributed by atoms with Crippen molar-refractivity contribution in [3.05, 3.63) is 65.9 Å². The zero-order valence-electron chi connectivity index (χ0n) is 16.9. The van der Waals surface area contributed by atoms with E-state index in [-0.39, 0.29) is 5.69 Å². The number of aryl methyl sites for hydroxylation is 1. The van der Waals surface area contributed by atoms with E-state index in [2.05, 4.69) is 20.0 Å². The molecule has 0 saturated carbocycles. The molecule has 7 nitrogen and oxygen atoms in total. The molecule has 31 heavy (non-hydrogen) atoms. The lowest BCUT2D eigenvalue weighted by Gasteiger charge is -2.15. The number of halogens is 3. The molecule has 0 aliphatic heterocycles. The van der Waals surface area contributed by atoms with Crippen molar-refractivity contribution in [2.45, 2.75) is 18.0 Å². The van der Waals surface area contributed by atoms with Gasteiger partial charge in [-0.05, 0) is 43.3 Å². The van der Waals surface area contributed by atoms with Gasteiger partial charge in [0.15, 0.2) is 0 Å². The molecule has 0 fully saturated rings. The predicted octanol–water partition coefficient (Wildman–Crippen LogP) is 4.41. The van der Waals surface area contributed by atoms with Gasteiger partial charge in [0.05, 0.1) is 10.5 Å². The third-order valence-corrected chi connectivity index (χ3v) is 5.61. The number of nitrogens with zero attached hydrogens (tertiary/aromatic N) is 3. The van der Waals surface area contributed by atoms with Crippen LogP contribution in [0.2, 0.25) is 0 Å². The standard InChI is InChI=1S/C20H20F3N5O2S/c1-13-12-18(28(2)3)26-19(24-13)25-14-8-10-15(11-9-14)27-31(29,30)17-7-5-4-6-16(17)20(21,22)23/h4-12,27H,1-3H3,(H,24,25,26). The van der Waals surface area contributed by atoms with Gasteiger partial charge in [-0.25, -0.2) is 13.4 Å². The maximum absolute atomic E-state index is 13.2. The fourth-order valence-corrected chi connectivity index (χ4v) is 4.02. The Bertz CT molecular complexity index is 1180. The Balaban J connectivity index is 1.80. The van der Waals surface area contributed by atoms with E-state index in [1.54, 1.807) is 12.1 Å². The summed E-state index contributed by atoms with van der Waals surface area (Å²) in [6.45, 7) is 1.83. The number of alkyl halides is 3. The molecule has 0 aliphatic rings. The molecule has 0 unspecified atom stereocenters. The molecule has 0 bridgehead atoms. The monoisotopic (exact) mass is 451 g/mol. The van der Waals surface area contributed by atoms with E-state index >= 15 is 0 Å². The number of nitrogens with one attached hydrogen (secondary N) is 2. The number of hydrogen-bond donors (Lipinski definition) is 2. The molecule has 2 aromatic carbocycles. The van der Waals surface area contributed by atoms with Gasteiger partial charge in [-0.3, -0.25) is 4.72 Å². The normalized spacial score (nSPS) is 11.8. The summed E-state index contributed by atoms with van der Waals surface area (Å²) < 4.78 is 66.7. The van der Waals surface area contributed by atoms with Gasteiger partial charge in [0.1, 0.15) is 5.82 Å². The minimum Gasteiger partial charge on any atom is -0.363 e. The van der Waals surface area contributed by atoms with Crippen LogP contribution in [-0.2, 0) is 16.2 Å². The fourth-order valence-electron chi connectivity index (χ4n) is 2.73. The number of sulfonamides is 1. The Morgan fingerprint density at radius 3 is 2.16 bits per heavy atom. The minimum absolute atomic E-state index is 0.113. The minimum atomic E-state index is -4.79. The van der Waals surface area contributed by atoms with E-state index in [1.807, 2.05) is 32.0 Å². The highest BCUT2D eigenvalue weighted by molar-refractivity contribution is 7.92.